The van der Waals surface area contributed by atoms with Gasteiger partial charge in [-0.05, 0) is 5.56 Å². The van der Waals surface area contributed by atoms with Crippen LogP contribution in [0.1, 0.15) is 17.2 Å². The van der Waals surface area contributed by atoms with Crippen molar-refractivity contribution in [3.63, 3.8) is 0 Å². The lowest BCUT2D eigenvalue weighted by Gasteiger charge is -2.15. The zero-order valence-corrected chi connectivity index (χ0v) is 9.45. The molecule has 0 spiro atoms. The standard InChI is InChI=1S/C13H15N3O/c17-9-13(12-7-14-10-15-8-12)16-6-11-4-2-1-3-5-11/h1-5,7-8,10,13,16-17H,6,9H2. The molecule has 0 aliphatic heterocycles. The number of aliphatic hydroxyl groups is 1. The molecule has 0 saturated heterocycles. The summed E-state index contributed by atoms with van der Waals surface area (Å²) in [6.45, 7) is 0.737. The second kappa shape index (κ2) is 6.08. The van der Waals surface area contributed by atoms with Crippen LogP contribution < -0.4 is 5.32 Å². The fourth-order valence-corrected chi connectivity index (χ4v) is 1.62. The minimum absolute atomic E-state index is 0.0280. The predicted octanol–water partition coefficient (Wildman–Crippen LogP) is 1.30. The number of hydrogen-bond acceptors (Lipinski definition) is 4. The molecule has 0 fully saturated rings. The van der Waals surface area contributed by atoms with Crippen molar-refractivity contribution in [2.45, 2.75) is 12.6 Å². The second-order valence-corrected chi connectivity index (χ2v) is 3.77. The molecule has 0 aliphatic carbocycles. The van der Waals surface area contributed by atoms with Gasteiger partial charge in [-0.25, -0.2) is 9.97 Å². The van der Waals surface area contributed by atoms with Crippen molar-refractivity contribution in [1.82, 2.24) is 15.3 Å². The van der Waals surface area contributed by atoms with Crippen LogP contribution >= 0.6 is 0 Å². The summed E-state index contributed by atoms with van der Waals surface area (Å²) in [6, 6.07) is 9.94. The number of aliphatic hydroxyl groups excluding tert-OH is 1. The van der Waals surface area contributed by atoms with Crippen molar-refractivity contribution >= 4 is 0 Å². The molecule has 2 rings (SSSR count). The molecule has 1 atom stereocenters. The van der Waals surface area contributed by atoms with Gasteiger partial charge in [0, 0.05) is 24.5 Å². The molecule has 1 aromatic carbocycles. The number of aromatic nitrogens is 2. The number of nitrogens with zero attached hydrogens (tertiary/aromatic N) is 2. The van der Waals surface area contributed by atoms with Crippen molar-refractivity contribution in [2.24, 2.45) is 0 Å². The minimum atomic E-state index is -0.128. The molecule has 1 heterocycles. The smallest absolute Gasteiger partial charge is 0.115 e. The number of rotatable bonds is 5. The minimum Gasteiger partial charge on any atom is -0.394 e. The van der Waals surface area contributed by atoms with Gasteiger partial charge in [0.1, 0.15) is 6.33 Å². The van der Waals surface area contributed by atoms with Crippen LogP contribution in [0.15, 0.2) is 49.1 Å². The molecular formula is C13H15N3O. The van der Waals surface area contributed by atoms with Crippen LogP contribution in [-0.4, -0.2) is 21.7 Å². The molecule has 4 nitrogen and oxygen atoms in total. The topological polar surface area (TPSA) is 58.0 Å². The first-order valence-electron chi connectivity index (χ1n) is 5.53. The fourth-order valence-electron chi connectivity index (χ4n) is 1.62. The summed E-state index contributed by atoms with van der Waals surface area (Å²) < 4.78 is 0. The van der Waals surface area contributed by atoms with Crippen molar-refractivity contribution < 1.29 is 5.11 Å². The molecule has 1 unspecified atom stereocenters. The highest BCUT2D eigenvalue weighted by atomic mass is 16.3. The molecule has 2 N–H and O–H groups in total. The third kappa shape index (κ3) is 3.34. The van der Waals surface area contributed by atoms with E-state index >= 15 is 0 Å². The van der Waals surface area contributed by atoms with E-state index in [0.717, 1.165) is 5.56 Å². The van der Waals surface area contributed by atoms with E-state index in [9.17, 15) is 5.11 Å². The Bertz CT molecular complexity index is 433. The summed E-state index contributed by atoms with van der Waals surface area (Å²) in [5, 5.41) is 12.6. The van der Waals surface area contributed by atoms with Gasteiger partial charge >= 0.3 is 0 Å². The summed E-state index contributed by atoms with van der Waals surface area (Å²) in [5.74, 6) is 0. The largest absolute Gasteiger partial charge is 0.394 e. The third-order valence-corrected chi connectivity index (χ3v) is 2.56. The Morgan fingerprint density at radius 3 is 2.47 bits per heavy atom. The molecule has 1 aromatic heterocycles. The lowest BCUT2D eigenvalue weighted by atomic mass is 10.1. The molecular weight excluding hydrogens is 214 g/mol. The monoisotopic (exact) mass is 229 g/mol. The molecule has 0 radical (unpaired) electrons. The normalized spacial score (nSPS) is 12.3. The van der Waals surface area contributed by atoms with Crippen LogP contribution in [0.25, 0.3) is 0 Å². The van der Waals surface area contributed by atoms with E-state index in [1.807, 2.05) is 30.3 Å². The van der Waals surface area contributed by atoms with E-state index in [1.54, 1.807) is 12.4 Å². The van der Waals surface area contributed by atoms with Gasteiger partial charge in [-0.3, -0.25) is 0 Å². The first-order chi connectivity index (χ1) is 8.40. The van der Waals surface area contributed by atoms with Crippen molar-refractivity contribution in [1.29, 1.82) is 0 Å². The number of nitrogens with one attached hydrogen (secondary N) is 1. The highest BCUT2D eigenvalue weighted by Gasteiger charge is 2.09. The molecule has 4 heteroatoms. The summed E-state index contributed by atoms with van der Waals surface area (Å²) in [5.41, 5.74) is 2.08. The Hall–Kier alpha value is -1.78. The molecule has 88 valence electrons. The second-order valence-electron chi connectivity index (χ2n) is 3.77. The molecule has 2 aromatic rings. The highest BCUT2D eigenvalue weighted by molar-refractivity contribution is 5.15. The van der Waals surface area contributed by atoms with Crippen molar-refractivity contribution in [3.05, 3.63) is 60.2 Å². The van der Waals surface area contributed by atoms with Crippen molar-refractivity contribution in [2.75, 3.05) is 6.61 Å². The Kier molecular flexibility index (Phi) is 4.18. The van der Waals surface area contributed by atoms with E-state index < -0.39 is 0 Å². The average Bonchev–Trinajstić information content (AvgIpc) is 2.42. The lowest BCUT2D eigenvalue weighted by molar-refractivity contribution is 0.243. The Morgan fingerprint density at radius 2 is 1.82 bits per heavy atom. The van der Waals surface area contributed by atoms with Crippen LogP contribution in [0, 0.1) is 0 Å². The van der Waals surface area contributed by atoms with Crippen LogP contribution in [-0.2, 0) is 6.54 Å². The third-order valence-electron chi connectivity index (χ3n) is 2.56. The predicted molar refractivity (Wildman–Crippen MR) is 65.1 cm³/mol. The fraction of sp³-hybridized carbons (Fsp3) is 0.231. The van der Waals surface area contributed by atoms with Gasteiger partial charge in [0.25, 0.3) is 0 Å². The van der Waals surface area contributed by atoms with E-state index in [2.05, 4.69) is 15.3 Å². The van der Waals surface area contributed by atoms with Crippen LogP contribution in [0.4, 0.5) is 0 Å². The summed E-state index contributed by atoms with van der Waals surface area (Å²) >= 11 is 0. The van der Waals surface area contributed by atoms with E-state index in [1.165, 1.54) is 11.9 Å². The highest BCUT2D eigenvalue weighted by Crippen LogP contribution is 2.10. The van der Waals surface area contributed by atoms with Gasteiger partial charge in [0.05, 0.1) is 12.6 Å². The quantitative estimate of drug-likeness (QED) is 0.811. The Labute approximate surface area is 100 Å². The molecule has 0 saturated carbocycles. The Balaban J connectivity index is 1.97. The van der Waals surface area contributed by atoms with Crippen molar-refractivity contribution in [3.8, 4) is 0 Å². The molecule has 17 heavy (non-hydrogen) atoms. The van der Waals surface area contributed by atoms with Gasteiger partial charge in [0.2, 0.25) is 0 Å². The van der Waals surface area contributed by atoms with Crippen LogP contribution in [0.3, 0.4) is 0 Å². The van der Waals surface area contributed by atoms with Crippen LogP contribution in [0.2, 0.25) is 0 Å². The van der Waals surface area contributed by atoms with Gasteiger partial charge in [0.15, 0.2) is 0 Å². The van der Waals surface area contributed by atoms with E-state index in [0.29, 0.717) is 6.54 Å². The number of benzene rings is 1. The average molecular weight is 229 g/mol. The lowest BCUT2D eigenvalue weighted by Crippen LogP contribution is -2.24. The summed E-state index contributed by atoms with van der Waals surface area (Å²) in [7, 11) is 0. The molecule has 0 aliphatic rings. The first kappa shape index (κ1) is 11.7. The zero-order chi connectivity index (χ0) is 11.9. The van der Waals surface area contributed by atoms with E-state index in [-0.39, 0.29) is 12.6 Å². The maximum absolute atomic E-state index is 9.34. The Morgan fingerprint density at radius 1 is 1.12 bits per heavy atom. The maximum atomic E-state index is 9.34. The van der Waals surface area contributed by atoms with Crippen LogP contribution in [0.5, 0.6) is 0 Å². The number of hydrogen-bond donors (Lipinski definition) is 2. The summed E-state index contributed by atoms with van der Waals surface area (Å²) in [6.07, 6.45) is 4.91. The van der Waals surface area contributed by atoms with E-state index in [4.69, 9.17) is 0 Å². The van der Waals surface area contributed by atoms with Gasteiger partial charge in [-0.15, -0.1) is 0 Å². The maximum Gasteiger partial charge on any atom is 0.115 e. The summed E-state index contributed by atoms with van der Waals surface area (Å²) in [4.78, 5) is 7.89. The molecule has 0 bridgehead atoms. The SMILES string of the molecule is OCC(NCc1ccccc1)c1cncnc1. The van der Waals surface area contributed by atoms with Gasteiger partial charge in [-0.2, -0.15) is 0 Å². The zero-order valence-electron chi connectivity index (χ0n) is 9.45. The first-order valence-corrected chi connectivity index (χ1v) is 5.53. The molecule has 0 amide bonds. The van der Waals surface area contributed by atoms with Gasteiger partial charge < -0.3 is 10.4 Å². The van der Waals surface area contributed by atoms with Gasteiger partial charge in [-0.1, -0.05) is 30.3 Å².